The number of ether oxygens (including phenoxy) is 3. The van der Waals surface area contributed by atoms with Crippen molar-refractivity contribution in [1.82, 2.24) is 0 Å². The zero-order valence-corrected chi connectivity index (χ0v) is 14.1. The van der Waals surface area contributed by atoms with Gasteiger partial charge in [-0.2, -0.15) is 0 Å². The number of carbonyl (C=O) groups excluding carboxylic acids is 2. The van der Waals surface area contributed by atoms with Crippen LogP contribution in [0.15, 0.2) is 72.8 Å². The molecule has 0 atom stereocenters. The molecule has 0 radical (unpaired) electrons. The second-order valence-corrected chi connectivity index (χ2v) is 5.39. The highest BCUT2D eigenvalue weighted by atomic mass is 16.5. The zero-order chi connectivity index (χ0) is 18.4. The summed E-state index contributed by atoms with van der Waals surface area (Å²) in [5, 5.41) is 0. The summed E-state index contributed by atoms with van der Waals surface area (Å²) in [4.78, 5) is 23.1. The quantitative estimate of drug-likeness (QED) is 0.443. The molecule has 0 aliphatic rings. The van der Waals surface area contributed by atoms with E-state index in [1.165, 1.54) is 0 Å². The number of rotatable bonds is 6. The van der Waals surface area contributed by atoms with Gasteiger partial charge >= 0.3 is 11.9 Å². The molecule has 0 heterocycles. The van der Waals surface area contributed by atoms with Crippen molar-refractivity contribution in [2.75, 3.05) is 0 Å². The minimum atomic E-state index is -0.508. The van der Waals surface area contributed by atoms with E-state index in [-0.39, 0.29) is 0 Å². The number of benzene rings is 2. The molecular weight excluding hydrogens is 320 g/mol. The molecular formula is C20H18O5. The van der Waals surface area contributed by atoms with Crippen LogP contribution in [0.25, 0.3) is 0 Å². The van der Waals surface area contributed by atoms with Gasteiger partial charge in [-0.25, -0.2) is 9.59 Å². The van der Waals surface area contributed by atoms with Gasteiger partial charge in [-0.05, 0) is 38.1 Å². The minimum Gasteiger partial charge on any atom is -0.457 e. The average Bonchev–Trinajstić information content (AvgIpc) is 2.55. The van der Waals surface area contributed by atoms with Crippen LogP contribution in [-0.4, -0.2) is 11.9 Å². The van der Waals surface area contributed by atoms with E-state index in [1.807, 2.05) is 0 Å². The molecule has 0 saturated carbocycles. The Morgan fingerprint density at radius 2 is 1.08 bits per heavy atom. The fraction of sp³-hybridized carbons (Fsp3) is 0.100. The minimum absolute atomic E-state index is 0.304. The molecule has 128 valence electrons. The topological polar surface area (TPSA) is 61.8 Å². The molecule has 2 aromatic rings. The monoisotopic (exact) mass is 338 g/mol. The molecule has 2 rings (SSSR count). The molecule has 0 fully saturated rings. The predicted octanol–water partition coefficient (Wildman–Crippen LogP) is 4.44. The summed E-state index contributed by atoms with van der Waals surface area (Å²) in [5.41, 5.74) is 0.608. The predicted molar refractivity (Wildman–Crippen MR) is 93.9 cm³/mol. The van der Waals surface area contributed by atoms with Crippen molar-refractivity contribution in [1.29, 1.82) is 0 Å². The maximum Gasteiger partial charge on any atom is 0.338 e. The fourth-order valence-corrected chi connectivity index (χ4v) is 1.73. The van der Waals surface area contributed by atoms with Crippen molar-refractivity contribution in [2.45, 2.75) is 13.8 Å². The van der Waals surface area contributed by atoms with Gasteiger partial charge in [0.1, 0.15) is 23.0 Å². The second kappa shape index (κ2) is 7.97. The van der Waals surface area contributed by atoms with Crippen LogP contribution < -0.4 is 14.2 Å². The Kier molecular flexibility index (Phi) is 5.74. The van der Waals surface area contributed by atoms with Gasteiger partial charge in [-0.15, -0.1) is 0 Å². The highest BCUT2D eigenvalue weighted by Gasteiger charge is 2.08. The van der Waals surface area contributed by atoms with E-state index in [4.69, 9.17) is 14.2 Å². The molecule has 0 unspecified atom stereocenters. The second-order valence-electron chi connectivity index (χ2n) is 5.39. The molecule has 0 bridgehead atoms. The van der Waals surface area contributed by atoms with Crippen LogP contribution in [0.2, 0.25) is 0 Å². The number of hydrogen-bond donors (Lipinski definition) is 0. The Hall–Kier alpha value is -3.34. The molecule has 0 saturated heterocycles. The van der Waals surface area contributed by atoms with E-state index in [0.717, 1.165) is 0 Å². The van der Waals surface area contributed by atoms with Crippen LogP contribution in [0.3, 0.4) is 0 Å². The van der Waals surface area contributed by atoms with Crippen LogP contribution in [-0.2, 0) is 9.59 Å². The van der Waals surface area contributed by atoms with Gasteiger partial charge in [0.05, 0.1) is 0 Å². The Bertz CT molecular complexity index is 766. The average molecular weight is 338 g/mol. The van der Waals surface area contributed by atoms with Gasteiger partial charge in [0.2, 0.25) is 0 Å². The van der Waals surface area contributed by atoms with Crippen molar-refractivity contribution in [3.8, 4) is 23.0 Å². The maximum absolute atomic E-state index is 11.6. The lowest BCUT2D eigenvalue weighted by atomic mass is 10.3. The Morgan fingerprint density at radius 3 is 1.44 bits per heavy atom. The van der Waals surface area contributed by atoms with Crippen LogP contribution >= 0.6 is 0 Å². The van der Waals surface area contributed by atoms with Gasteiger partial charge in [-0.3, -0.25) is 0 Å². The summed E-state index contributed by atoms with van der Waals surface area (Å²) >= 11 is 0. The maximum atomic E-state index is 11.6. The standard InChI is InChI=1S/C20H18O5/c1-13(2)19(21)24-17-9-5-7-15(11-17)23-16-8-6-10-18(12-16)25-20(22)14(3)4/h5-12H,1,3H2,2,4H3. The van der Waals surface area contributed by atoms with E-state index >= 15 is 0 Å². The van der Waals surface area contributed by atoms with Gasteiger partial charge < -0.3 is 14.2 Å². The van der Waals surface area contributed by atoms with Crippen LogP contribution in [0.5, 0.6) is 23.0 Å². The lowest BCUT2D eigenvalue weighted by Gasteiger charge is -2.10. The Labute approximate surface area is 146 Å². The fourth-order valence-electron chi connectivity index (χ4n) is 1.73. The third-order valence-electron chi connectivity index (χ3n) is 2.96. The van der Waals surface area contributed by atoms with Crippen molar-refractivity contribution in [2.24, 2.45) is 0 Å². The number of hydrogen-bond acceptors (Lipinski definition) is 5. The molecule has 2 aromatic carbocycles. The summed E-state index contributed by atoms with van der Waals surface area (Å²) in [6.45, 7) is 10.2. The number of carbonyl (C=O) groups is 2. The first-order valence-corrected chi connectivity index (χ1v) is 7.48. The highest BCUT2D eigenvalue weighted by molar-refractivity contribution is 5.89. The van der Waals surface area contributed by atoms with Crippen LogP contribution in [0, 0.1) is 0 Å². The smallest absolute Gasteiger partial charge is 0.338 e. The van der Waals surface area contributed by atoms with Crippen LogP contribution in [0.4, 0.5) is 0 Å². The van der Waals surface area contributed by atoms with Crippen molar-refractivity contribution < 1.29 is 23.8 Å². The van der Waals surface area contributed by atoms with Gasteiger partial charge in [-0.1, -0.05) is 25.3 Å². The van der Waals surface area contributed by atoms with Gasteiger partial charge in [0, 0.05) is 23.3 Å². The SMILES string of the molecule is C=C(C)C(=O)Oc1cccc(Oc2cccc(OC(=O)C(=C)C)c2)c1. The normalized spacial score (nSPS) is 9.84. The number of esters is 2. The van der Waals surface area contributed by atoms with E-state index in [1.54, 1.807) is 62.4 Å². The summed E-state index contributed by atoms with van der Waals surface area (Å²) in [6.07, 6.45) is 0. The summed E-state index contributed by atoms with van der Waals surface area (Å²) in [5.74, 6) is 0.605. The highest BCUT2D eigenvalue weighted by Crippen LogP contribution is 2.28. The van der Waals surface area contributed by atoms with Crippen molar-refractivity contribution >= 4 is 11.9 Å². The zero-order valence-electron chi connectivity index (χ0n) is 14.1. The molecule has 0 aliphatic heterocycles. The Balaban J connectivity index is 2.12. The largest absolute Gasteiger partial charge is 0.457 e. The molecule has 0 N–H and O–H groups in total. The molecule has 0 aliphatic carbocycles. The lowest BCUT2D eigenvalue weighted by molar-refractivity contribution is -0.130. The molecule has 5 nitrogen and oxygen atoms in total. The van der Waals surface area contributed by atoms with Gasteiger partial charge in [0.25, 0.3) is 0 Å². The molecule has 5 heteroatoms. The van der Waals surface area contributed by atoms with Crippen LogP contribution in [0.1, 0.15) is 13.8 Å². The van der Waals surface area contributed by atoms with Crippen molar-refractivity contribution in [3.05, 3.63) is 72.8 Å². The molecule has 0 aromatic heterocycles. The first kappa shape index (κ1) is 18.0. The van der Waals surface area contributed by atoms with Gasteiger partial charge in [0.15, 0.2) is 0 Å². The summed E-state index contributed by atoms with van der Waals surface area (Å²) < 4.78 is 16.0. The third-order valence-corrected chi connectivity index (χ3v) is 2.96. The first-order valence-electron chi connectivity index (χ1n) is 7.48. The van der Waals surface area contributed by atoms with Crippen molar-refractivity contribution in [3.63, 3.8) is 0 Å². The van der Waals surface area contributed by atoms with E-state index in [0.29, 0.717) is 34.1 Å². The molecule has 25 heavy (non-hydrogen) atoms. The third kappa shape index (κ3) is 5.35. The van der Waals surface area contributed by atoms with E-state index < -0.39 is 11.9 Å². The lowest BCUT2D eigenvalue weighted by Crippen LogP contribution is -2.08. The first-order chi connectivity index (χ1) is 11.8. The summed E-state index contributed by atoms with van der Waals surface area (Å²) in [7, 11) is 0. The van der Waals surface area contributed by atoms with E-state index in [9.17, 15) is 9.59 Å². The summed E-state index contributed by atoms with van der Waals surface area (Å²) in [6, 6.07) is 13.2. The molecule has 0 spiro atoms. The molecule has 0 amide bonds. The Morgan fingerprint density at radius 1 is 0.720 bits per heavy atom. The van der Waals surface area contributed by atoms with E-state index in [2.05, 4.69) is 13.2 Å².